The fraction of sp³-hybridized carbons (Fsp3) is 0.222. The number of anilines is 1. The van der Waals surface area contributed by atoms with Crippen LogP contribution in [-0.2, 0) is 9.59 Å². The summed E-state index contributed by atoms with van der Waals surface area (Å²) >= 11 is 1.22. The summed E-state index contributed by atoms with van der Waals surface area (Å²) < 4.78 is 22.7. The quantitative estimate of drug-likeness (QED) is 0.200. The Morgan fingerprint density at radius 1 is 1.16 bits per heavy atom. The van der Waals surface area contributed by atoms with Crippen LogP contribution in [-0.4, -0.2) is 48.2 Å². The Balaban J connectivity index is 1.66. The van der Waals surface area contributed by atoms with Crippen molar-refractivity contribution in [2.75, 3.05) is 31.3 Å². The molecule has 1 N–H and O–H groups in total. The Kier molecular flexibility index (Phi) is 6.82. The van der Waals surface area contributed by atoms with Gasteiger partial charge in [-0.1, -0.05) is 18.7 Å². The monoisotopic (exact) mass is 520 g/mol. The zero-order chi connectivity index (χ0) is 25.9. The van der Waals surface area contributed by atoms with E-state index in [4.69, 9.17) is 18.9 Å². The maximum Gasteiger partial charge on any atom is 0.301 e. The van der Waals surface area contributed by atoms with Gasteiger partial charge in [-0.05, 0) is 42.8 Å². The lowest BCUT2D eigenvalue weighted by atomic mass is 9.95. The number of nitrogens with zero attached hydrogens (tertiary/aromatic N) is 2. The van der Waals surface area contributed by atoms with Crippen LogP contribution in [0.2, 0.25) is 0 Å². The van der Waals surface area contributed by atoms with Crippen LogP contribution in [0.1, 0.15) is 24.1 Å². The second kappa shape index (κ2) is 10.4. The van der Waals surface area contributed by atoms with Gasteiger partial charge < -0.3 is 24.1 Å². The Bertz CT molecular complexity index is 1380. The second-order valence-electron chi connectivity index (χ2n) is 8.08. The van der Waals surface area contributed by atoms with Crippen molar-refractivity contribution in [1.29, 1.82) is 0 Å². The molecule has 9 nitrogen and oxygen atoms in total. The number of Topliss-reactive ketones (excluding diaryl/α,β-unsaturated/α-hetero) is 1. The average Bonchev–Trinajstić information content (AvgIpc) is 3.54. The first kappa shape index (κ1) is 24.4. The first-order chi connectivity index (χ1) is 18.0. The van der Waals surface area contributed by atoms with E-state index in [0.717, 1.165) is 0 Å². The van der Waals surface area contributed by atoms with E-state index in [1.165, 1.54) is 16.2 Å². The van der Waals surface area contributed by atoms with Crippen molar-refractivity contribution < 1.29 is 33.6 Å². The molecule has 0 aliphatic carbocycles. The van der Waals surface area contributed by atoms with Crippen LogP contribution in [0.3, 0.4) is 0 Å². The van der Waals surface area contributed by atoms with E-state index in [9.17, 15) is 14.7 Å². The molecule has 1 aromatic heterocycles. The predicted octanol–water partition coefficient (Wildman–Crippen LogP) is 4.50. The predicted molar refractivity (Wildman–Crippen MR) is 138 cm³/mol. The highest BCUT2D eigenvalue weighted by Crippen LogP contribution is 2.45. The summed E-state index contributed by atoms with van der Waals surface area (Å²) in [4.78, 5) is 32.2. The molecule has 1 amide bonds. The fourth-order valence-electron chi connectivity index (χ4n) is 4.26. The van der Waals surface area contributed by atoms with Crippen LogP contribution in [0.25, 0.3) is 5.76 Å². The Hall–Kier alpha value is -4.31. The van der Waals surface area contributed by atoms with Crippen LogP contribution >= 0.6 is 11.3 Å². The maximum atomic E-state index is 13.4. The second-order valence-corrected chi connectivity index (χ2v) is 8.95. The molecule has 3 heterocycles. The number of benzene rings is 2. The molecule has 0 bridgehead atoms. The summed E-state index contributed by atoms with van der Waals surface area (Å²) in [5.41, 5.74) is 0.796. The minimum Gasteiger partial charge on any atom is -0.507 e. The van der Waals surface area contributed by atoms with Crippen molar-refractivity contribution in [2.24, 2.45) is 0 Å². The van der Waals surface area contributed by atoms with E-state index < -0.39 is 17.7 Å². The van der Waals surface area contributed by atoms with Crippen molar-refractivity contribution in [2.45, 2.75) is 13.0 Å². The molecule has 1 fully saturated rings. The van der Waals surface area contributed by atoms with Gasteiger partial charge in [0.05, 0.1) is 18.2 Å². The molecule has 1 atom stereocenters. The molecule has 190 valence electrons. The Labute approximate surface area is 217 Å². The number of aliphatic hydroxyl groups excluding tert-OH is 1. The molecule has 5 rings (SSSR count). The van der Waals surface area contributed by atoms with Crippen LogP contribution in [0, 0.1) is 0 Å². The van der Waals surface area contributed by atoms with Gasteiger partial charge in [0.15, 0.2) is 28.1 Å². The zero-order valence-corrected chi connectivity index (χ0v) is 20.8. The van der Waals surface area contributed by atoms with E-state index in [0.29, 0.717) is 59.1 Å². The molecule has 10 heteroatoms. The number of fused-ring (bicyclic) bond motifs is 1. The van der Waals surface area contributed by atoms with Gasteiger partial charge in [0, 0.05) is 17.1 Å². The first-order valence-corrected chi connectivity index (χ1v) is 12.5. The number of rotatable bonds is 8. The van der Waals surface area contributed by atoms with Crippen LogP contribution in [0.15, 0.2) is 66.2 Å². The molecule has 2 aliphatic heterocycles. The summed E-state index contributed by atoms with van der Waals surface area (Å²) in [6.07, 6.45) is 3.17. The van der Waals surface area contributed by atoms with Gasteiger partial charge in [-0.25, -0.2) is 4.98 Å². The number of ether oxygens (including phenoxy) is 4. The standard InChI is InChI=1S/C27H24N2O7S/c1-3-10-34-18-7-5-16(14-20(18)33-4-2)23-22(25(31)26(32)29(23)27-28-9-13-37-27)24(30)17-6-8-19-21(15-17)36-12-11-35-19/h3,5-9,13-15,23,30H,1,4,10-12H2,2H3/b24-22+. The molecule has 3 aromatic rings. The van der Waals surface area contributed by atoms with Crippen molar-refractivity contribution in [3.63, 3.8) is 0 Å². The third kappa shape index (κ3) is 4.51. The van der Waals surface area contributed by atoms with E-state index in [1.54, 1.807) is 54.1 Å². The zero-order valence-electron chi connectivity index (χ0n) is 20.0. The molecular formula is C27H24N2O7S. The third-order valence-corrected chi connectivity index (χ3v) is 6.60. The number of aliphatic hydroxyl groups is 1. The van der Waals surface area contributed by atoms with Gasteiger partial charge in [-0.2, -0.15) is 0 Å². The summed E-state index contributed by atoms with van der Waals surface area (Å²) in [6.45, 7) is 6.95. The summed E-state index contributed by atoms with van der Waals surface area (Å²) in [5.74, 6) is -0.0253. The van der Waals surface area contributed by atoms with E-state index in [1.807, 2.05) is 6.92 Å². The van der Waals surface area contributed by atoms with E-state index >= 15 is 0 Å². The number of thiazole rings is 1. The summed E-state index contributed by atoms with van der Waals surface area (Å²) in [5, 5.41) is 13.4. The van der Waals surface area contributed by atoms with Gasteiger partial charge in [-0.3, -0.25) is 14.5 Å². The van der Waals surface area contributed by atoms with Gasteiger partial charge in [-0.15, -0.1) is 11.3 Å². The molecule has 0 saturated carbocycles. The largest absolute Gasteiger partial charge is 0.507 e. The minimum atomic E-state index is -0.952. The van der Waals surface area contributed by atoms with Crippen molar-refractivity contribution in [3.8, 4) is 23.0 Å². The van der Waals surface area contributed by atoms with E-state index in [2.05, 4.69) is 11.6 Å². The molecular weight excluding hydrogens is 496 g/mol. The third-order valence-electron chi connectivity index (χ3n) is 5.83. The molecule has 37 heavy (non-hydrogen) atoms. The van der Waals surface area contributed by atoms with Gasteiger partial charge in [0.1, 0.15) is 25.6 Å². The normalized spacial score (nSPS) is 18.1. The lowest BCUT2D eigenvalue weighted by Gasteiger charge is -2.24. The van der Waals surface area contributed by atoms with Crippen molar-refractivity contribution in [1.82, 2.24) is 4.98 Å². The van der Waals surface area contributed by atoms with Gasteiger partial charge in [0.25, 0.3) is 5.78 Å². The van der Waals surface area contributed by atoms with Crippen molar-refractivity contribution in [3.05, 3.63) is 77.3 Å². The topological polar surface area (TPSA) is 107 Å². The smallest absolute Gasteiger partial charge is 0.301 e. The van der Waals surface area contributed by atoms with Gasteiger partial charge >= 0.3 is 5.91 Å². The van der Waals surface area contributed by atoms with Crippen LogP contribution in [0.4, 0.5) is 5.13 Å². The van der Waals surface area contributed by atoms with Crippen molar-refractivity contribution >= 4 is 33.9 Å². The van der Waals surface area contributed by atoms with E-state index in [-0.39, 0.29) is 17.9 Å². The average molecular weight is 521 g/mol. The number of carbonyl (C=O) groups is 2. The minimum absolute atomic E-state index is 0.0703. The Morgan fingerprint density at radius 2 is 1.97 bits per heavy atom. The fourth-order valence-corrected chi connectivity index (χ4v) is 4.92. The lowest BCUT2D eigenvalue weighted by Crippen LogP contribution is -2.29. The summed E-state index contributed by atoms with van der Waals surface area (Å²) in [6, 6.07) is 9.06. The lowest BCUT2D eigenvalue weighted by molar-refractivity contribution is -0.132. The number of hydrogen-bond donors (Lipinski definition) is 1. The number of hydrogen-bond acceptors (Lipinski definition) is 9. The number of aromatic nitrogens is 1. The highest BCUT2D eigenvalue weighted by molar-refractivity contribution is 7.14. The number of ketones is 1. The molecule has 0 spiro atoms. The first-order valence-electron chi connectivity index (χ1n) is 11.6. The number of amides is 1. The maximum absolute atomic E-state index is 13.4. The molecule has 2 aromatic carbocycles. The molecule has 2 aliphatic rings. The number of carbonyl (C=O) groups excluding carboxylic acids is 2. The molecule has 0 radical (unpaired) electrons. The van der Waals surface area contributed by atoms with Gasteiger partial charge in [0.2, 0.25) is 0 Å². The highest BCUT2D eigenvalue weighted by Gasteiger charge is 2.48. The van der Waals surface area contributed by atoms with Crippen LogP contribution in [0.5, 0.6) is 23.0 Å². The van der Waals surface area contributed by atoms with Crippen LogP contribution < -0.4 is 23.8 Å². The highest BCUT2D eigenvalue weighted by atomic mass is 32.1. The molecule has 1 unspecified atom stereocenters. The Morgan fingerprint density at radius 3 is 2.70 bits per heavy atom. The summed E-state index contributed by atoms with van der Waals surface area (Å²) in [7, 11) is 0. The SMILES string of the molecule is C=CCOc1ccc(C2/C(=C(\O)c3ccc4c(c3)OCCO4)C(=O)C(=O)N2c2nccs2)cc1OCC. The molecule has 1 saturated heterocycles.